The van der Waals surface area contributed by atoms with Crippen molar-refractivity contribution in [3.8, 4) is 0 Å². The summed E-state index contributed by atoms with van der Waals surface area (Å²) in [6.45, 7) is 3.01. The molecule has 2 rings (SSSR count). The van der Waals surface area contributed by atoms with E-state index in [2.05, 4.69) is 15.7 Å². The molecule has 0 radical (unpaired) electrons. The predicted molar refractivity (Wildman–Crippen MR) is 77.8 cm³/mol. The zero-order chi connectivity index (χ0) is 14.5. The number of benzene rings is 1. The van der Waals surface area contributed by atoms with Gasteiger partial charge >= 0.3 is 5.69 Å². The Balaban J connectivity index is 2.24. The van der Waals surface area contributed by atoms with Crippen LogP contribution in [0.1, 0.15) is 12.6 Å². The summed E-state index contributed by atoms with van der Waals surface area (Å²) in [6.07, 6.45) is 1.69. The summed E-state index contributed by atoms with van der Waals surface area (Å²) in [6, 6.07) is 7.07. The molecular formula is C13H17N5O2. The molecule has 0 amide bonds. The number of rotatable bonds is 6. The SMILES string of the molecule is CCNc1cccc(NCc2ccnn2C)c1[N+](=O)[O-]. The molecule has 0 unspecified atom stereocenters. The number of para-hydroxylation sites is 1. The van der Waals surface area contributed by atoms with Crippen LogP contribution in [0.5, 0.6) is 0 Å². The molecule has 1 aromatic heterocycles. The van der Waals surface area contributed by atoms with Gasteiger partial charge in [-0.3, -0.25) is 14.8 Å². The Morgan fingerprint density at radius 2 is 2.00 bits per heavy atom. The number of nitrogens with one attached hydrogen (secondary N) is 2. The van der Waals surface area contributed by atoms with Gasteiger partial charge in [-0.25, -0.2) is 0 Å². The van der Waals surface area contributed by atoms with E-state index in [-0.39, 0.29) is 10.6 Å². The van der Waals surface area contributed by atoms with Crippen LogP contribution in [0.2, 0.25) is 0 Å². The highest BCUT2D eigenvalue weighted by atomic mass is 16.6. The summed E-state index contributed by atoms with van der Waals surface area (Å²) in [4.78, 5) is 10.9. The molecule has 0 bridgehead atoms. The number of aryl methyl sites for hydroxylation is 1. The van der Waals surface area contributed by atoms with Gasteiger partial charge in [-0.05, 0) is 25.1 Å². The van der Waals surface area contributed by atoms with Gasteiger partial charge in [-0.1, -0.05) is 6.07 Å². The van der Waals surface area contributed by atoms with Crippen LogP contribution < -0.4 is 10.6 Å². The average molecular weight is 275 g/mol. The van der Waals surface area contributed by atoms with Crippen molar-refractivity contribution in [1.29, 1.82) is 0 Å². The van der Waals surface area contributed by atoms with Crippen LogP contribution in [0.3, 0.4) is 0 Å². The number of aromatic nitrogens is 2. The Hall–Kier alpha value is -2.57. The van der Waals surface area contributed by atoms with E-state index in [0.29, 0.717) is 24.5 Å². The van der Waals surface area contributed by atoms with Crippen molar-refractivity contribution < 1.29 is 4.92 Å². The Morgan fingerprint density at radius 3 is 2.55 bits per heavy atom. The Morgan fingerprint density at radius 1 is 1.30 bits per heavy atom. The minimum absolute atomic E-state index is 0.0662. The number of hydrogen-bond acceptors (Lipinski definition) is 5. The van der Waals surface area contributed by atoms with Gasteiger partial charge in [0.25, 0.3) is 0 Å². The van der Waals surface area contributed by atoms with Gasteiger partial charge in [0.05, 0.1) is 17.2 Å². The molecule has 106 valence electrons. The van der Waals surface area contributed by atoms with Gasteiger partial charge in [0, 0.05) is 19.8 Å². The van der Waals surface area contributed by atoms with E-state index < -0.39 is 0 Å². The number of nitro groups is 1. The number of hydrogen-bond donors (Lipinski definition) is 2. The van der Waals surface area contributed by atoms with Crippen molar-refractivity contribution in [3.63, 3.8) is 0 Å². The topological polar surface area (TPSA) is 85.0 Å². The van der Waals surface area contributed by atoms with Gasteiger partial charge in [-0.15, -0.1) is 0 Å². The van der Waals surface area contributed by atoms with Gasteiger partial charge in [-0.2, -0.15) is 5.10 Å². The second kappa shape index (κ2) is 6.05. The number of nitrogens with zero attached hydrogens (tertiary/aromatic N) is 3. The Labute approximate surface area is 116 Å². The van der Waals surface area contributed by atoms with Crippen molar-refractivity contribution in [3.05, 3.63) is 46.3 Å². The zero-order valence-corrected chi connectivity index (χ0v) is 11.5. The molecule has 20 heavy (non-hydrogen) atoms. The maximum atomic E-state index is 11.3. The minimum Gasteiger partial charge on any atom is -0.380 e. The molecule has 0 fully saturated rings. The highest BCUT2D eigenvalue weighted by Gasteiger charge is 2.19. The first kappa shape index (κ1) is 13.9. The molecule has 2 aromatic rings. The lowest BCUT2D eigenvalue weighted by molar-refractivity contribution is -0.383. The molecular weight excluding hydrogens is 258 g/mol. The molecule has 0 atom stereocenters. The van der Waals surface area contributed by atoms with E-state index in [1.165, 1.54) is 0 Å². The molecule has 1 heterocycles. The van der Waals surface area contributed by atoms with Crippen LogP contribution in [0.25, 0.3) is 0 Å². The maximum Gasteiger partial charge on any atom is 0.315 e. The monoisotopic (exact) mass is 275 g/mol. The highest BCUT2D eigenvalue weighted by molar-refractivity contribution is 5.76. The first-order valence-electron chi connectivity index (χ1n) is 6.35. The van der Waals surface area contributed by atoms with Crippen LogP contribution in [0, 0.1) is 10.1 Å². The molecule has 0 spiro atoms. The first-order chi connectivity index (χ1) is 9.63. The van der Waals surface area contributed by atoms with Crippen molar-refractivity contribution in [2.75, 3.05) is 17.2 Å². The summed E-state index contributed by atoms with van der Waals surface area (Å²) < 4.78 is 1.73. The molecule has 0 saturated carbocycles. The van der Waals surface area contributed by atoms with E-state index in [1.54, 1.807) is 29.1 Å². The van der Waals surface area contributed by atoms with Gasteiger partial charge < -0.3 is 10.6 Å². The summed E-state index contributed by atoms with van der Waals surface area (Å²) in [5, 5.41) is 21.4. The minimum atomic E-state index is -0.371. The Kier molecular flexibility index (Phi) is 4.19. The van der Waals surface area contributed by atoms with E-state index in [0.717, 1.165) is 5.69 Å². The molecule has 0 aliphatic heterocycles. The average Bonchev–Trinajstić information content (AvgIpc) is 2.82. The third-order valence-electron chi connectivity index (χ3n) is 2.97. The maximum absolute atomic E-state index is 11.3. The summed E-state index contributed by atoms with van der Waals surface area (Å²) in [5.74, 6) is 0. The van der Waals surface area contributed by atoms with E-state index in [9.17, 15) is 10.1 Å². The standard InChI is InChI=1S/C13H17N5O2/c1-3-14-11-5-4-6-12(13(11)18(19)20)15-9-10-7-8-16-17(10)2/h4-8,14-15H,3,9H2,1-2H3. The molecule has 2 N–H and O–H groups in total. The van der Waals surface area contributed by atoms with Crippen LogP contribution in [0.4, 0.5) is 17.1 Å². The predicted octanol–water partition coefficient (Wildman–Crippen LogP) is 2.37. The molecule has 0 saturated heterocycles. The van der Waals surface area contributed by atoms with Crippen molar-refractivity contribution >= 4 is 17.1 Å². The molecule has 0 aliphatic rings. The second-order valence-corrected chi connectivity index (χ2v) is 4.29. The second-order valence-electron chi connectivity index (χ2n) is 4.29. The van der Waals surface area contributed by atoms with Crippen molar-refractivity contribution in [1.82, 2.24) is 9.78 Å². The summed E-state index contributed by atoms with van der Waals surface area (Å²) in [7, 11) is 1.83. The van der Waals surface area contributed by atoms with E-state index in [1.807, 2.05) is 20.0 Å². The molecule has 1 aromatic carbocycles. The quantitative estimate of drug-likeness (QED) is 0.624. The zero-order valence-electron chi connectivity index (χ0n) is 11.5. The fraction of sp³-hybridized carbons (Fsp3) is 0.308. The lowest BCUT2D eigenvalue weighted by Gasteiger charge is -2.11. The van der Waals surface area contributed by atoms with Crippen LogP contribution in [-0.2, 0) is 13.6 Å². The highest BCUT2D eigenvalue weighted by Crippen LogP contribution is 2.32. The lowest BCUT2D eigenvalue weighted by Crippen LogP contribution is -2.08. The summed E-state index contributed by atoms with van der Waals surface area (Å²) >= 11 is 0. The van der Waals surface area contributed by atoms with Crippen LogP contribution in [0.15, 0.2) is 30.5 Å². The largest absolute Gasteiger partial charge is 0.380 e. The van der Waals surface area contributed by atoms with E-state index >= 15 is 0 Å². The molecule has 7 nitrogen and oxygen atoms in total. The third-order valence-corrected chi connectivity index (χ3v) is 2.97. The van der Waals surface area contributed by atoms with Crippen LogP contribution >= 0.6 is 0 Å². The van der Waals surface area contributed by atoms with Gasteiger partial charge in [0.2, 0.25) is 0 Å². The summed E-state index contributed by atoms with van der Waals surface area (Å²) in [5.41, 5.74) is 2.03. The normalized spacial score (nSPS) is 10.3. The van der Waals surface area contributed by atoms with Crippen molar-refractivity contribution in [2.45, 2.75) is 13.5 Å². The van der Waals surface area contributed by atoms with Gasteiger partial charge in [0.1, 0.15) is 11.4 Å². The fourth-order valence-electron chi connectivity index (χ4n) is 1.98. The van der Waals surface area contributed by atoms with Crippen LogP contribution in [-0.4, -0.2) is 21.2 Å². The first-order valence-corrected chi connectivity index (χ1v) is 6.35. The molecule has 0 aliphatic carbocycles. The lowest BCUT2D eigenvalue weighted by atomic mass is 10.2. The fourth-order valence-corrected chi connectivity index (χ4v) is 1.98. The Bertz CT molecular complexity index is 609. The van der Waals surface area contributed by atoms with Crippen molar-refractivity contribution in [2.24, 2.45) is 7.05 Å². The smallest absolute Gasteiger partial charge is 0.315 e. The number of anilines is 2. The van der Waals surface area contributed by atoms with Gasteiger partial charge in [0.15, 0.2) is 0 Å². The van der Waals surface area contributed by atoms with E-state index in [4.69, 9.17) is 0 Å². The molecule has 7 heteroatoms. The third kappa shape index (κ3) is 2.87. The number of nitro benzene ring substituents is 1.